The highest BCUT2D eigenvalue weighted by molar-refractivity contribution is 5.57. The van der Waals surface area contributed by atoms with Gasteiger partial charge in [0.2, 0.25) is 5.82 Å². The van der Waals surface area contributed by atoms with Crippen molar-refractivity contribution in [2.75, 3.05) is 5.32 Å². The summed E-state index contributed by atoms with van der Waals surface area (Å²) < 4.78 is 1.87. The number of nitrogens with one attached hydrogen (secondary N) is 1. The van der Waals surface area contributed by atoms with Gasteiger partial charge in [0.15, 0.2) is 11.5 Å². The van der Waals surface area contributed by atoms with Crippen molar-refractivity contribution < 1.29 is 4.92 Å². The highest BCUT2D eigenvalue weighted by Crippen LogP contribution is 2.30. The van der Waals surface area contributed by atoms with E-state index < -0.39 is 4.92 Å². The average molecular weight is 326 g/mol. The molecule has 124 valence electrons. The molecule has 0 aromatic carbocycles. The molecule has 3 aromatic rings. The minimum atomic E-state index is -0.429. The van der Waals surface area contributed by atoms with Crippen molar-refractivity contribution in [3.05, 3.63) is 58.2 Å². The molecule has 0 fully saturated rings. The van der Waals surface area contributed by atoms with Gasteiger partial charge in [0.05, 0.1) is 11.0 Å². The summed E-state index contributed by atoms with van der Waals surface area (Å²) in [4.78, 5) is 15.1. The molecule has 3 aromatic heterocycles. The van der Waals surface area contributed by atoms with Crippen LogP contribution in [0.4, 0.5) is 11.5 Å². The van der Waals surface area contributed by atoms with E-state index in [1.165, 1.54) is 6.07 Å². The van der Waals surface area contributed by atoms with E-state index in [9.17, 15) is 10.1 Å². The number of aryl methyl sites for hydroxylation is 1. The van der Waals surface area contributed by atoms with Crippen molar-refractivity contribution in [3.8, 4) is 0 Å². The van der Waals surface area contributed by atoms with E-state index in [0.717, 1.165) is 11.2 Å². The number of aromatic nitrogens is 4. The van der Waals surface area contributed by atoms with Crippen molar-refractivity contribution >= 4 is 17.2 Å². The number of hydrogen-bond acceptors (Lipinski definition) is 6. The fraction of sp³-hybridized carbons (Fsp3) is 0.312. The first kappa shape index (κ1) is 15.9. The molecule has 0 aliphatic carbocycles. The molecule has 3 heterocycles. The summed E-state index contributed by atoms with van der Waals surface area (Å²) in [6.45, 7) is 5.80. The molecule has 1 unspecified atom stereocenters. The predicted molar refractivity (Wildman–Crippen MR) is 89.8 cm³/mol. The number of hydrogen-bond donors (Lipinski definition) is 1. The van der Waals surface area contributed by atoms with Gasteiger partial charge >= 0.3 is 5.69 Å². The molecule has 0 amide bonds. The maximum atomic E-state index is 11.3. The molecule has 24 heavy (non-hydrogen) atoms. The minimum absolute atomic E-state index is 0.0468. The Labute approximate surface area is 138 Å². The van der Waals surface area contributed by atoms with Gasteiger partial charge in [0.25, 0.3) is 0 Å². The Morgan fingerprint density at radius 1 is 1.29 bits per heavy atom. The standard InChI is InChI=1S/C16H18N6O2/c1-10(2)14(16-20-19-13-6-4-5-7-21(13)16)18-15-12(22(23)24)8-11(3)9-17-15/h4-10,14H,1-3H3,(H,17,18). The van der Waals surface area contributed by atoms with Gasteiger partial charge in [0, 0.05) is 18.5 Å². The van der Waals surface area contributed by atoms with Gasteiger partial charge in [-0.1, -0.05) is 19.9 Å². The largest absolute Gasteiger partial charge is 0.354 e. The zero-order valence-corrected chi connectivity index (χ0v) is 13.7. The maximum Gasteiger partial charge on any atom is 0.311 e. The van der Waals surface area contributed by atoms with Gasteiger partial charge in [-0.15, -0.1) is 10.2 Å². The molecule has 0 aliphatic heterocycles. The molecule has 3 rings (SSSR count). The summed E-state index contributed by atoms with van der Waals surface area (Å²) in [5.74, 6) is 1.05. The topological polar surface area (TPSA) is 98.2 Å². The minimum Gasteiger partial charge on any atom is -0.354 e. The van der Waals surface area contributed by atoms with Crippen molar-refractivity contribution in [2.24, 2.45) is 5.92 Å². The Hall–Kier alpha value is -3.03. The van der Waals surface area contributed by atoms with Gasteiger partial charge in [-0.2, -0.15) is 0 Å². The van der Waals surface area contributed by atoms with E-state index in [2.05, 4.69) is 20.5 Å². The summed E-state index contributed by atoms with van der Waals surface area (Å²) in [6, 6.07) is 6.88. The van der Waals surface area contributed by atoms with Crippen LogP contribution >= 0.6 is 0 Å². The summed E-state index contributed by atoms with van der Waals surface area (Å²) in [6.07, 6.45) is 3.48. The van der Waals surface area contributed by atoms with E-state index in [0.29, 0.717) is 5.82 Å². The van der Waals surface area contributed by atoms with Crippen LogP contribution < -0.4 is 5.32 Å². The van der Waals surface area contributed by atoms with Crippen molar-refractivity contribution in [1.82, 2.24) is 19.6 Å². The quantitative estimate of drug-likeness (QED) is 0.571. The molecule has 0 spiro atoms. The molecule has 0 aliphatic rings. The fourth-order valence-electron chi connectivity index (χ4n) is 2.55. The molecule has 0 saturated heterocycles. The lowest BCUT2D eigenvalue weighted by atomic mass is 10.0. The van der Waals surface area contributed by atoms with Crippen LogP contribution in [-0.2, 0) is 0 Å². The second-order valence-electron chi connectivity index (χ2n) is 5.99. The second-order valence-corrected chi connectivity index (χ2v) is 5.99. The van der Waals surface area contributed by atoms with E-state index in [4.69, 9.17) is 0 Å². The third-order valence-electron chi connectivity index (χ3n) is 3.78. The first-order valence-corrected chi connectivity index (χ1v) is 7.64. The summed E-state index contributed by atoms with van der Waals surface area (Å²) in [7, 11) is 0. The lowest BCUT2D eigenvalue weighted by molar-refractivity contribution is -0.384. The number of nitro groups is 1. The molecule has 0 bridgehead atoms. The van der Waals surface area contributed by atoms with Crippen molar-refractivity contribution in [2.45, 2.75) is 26.8 Å². The molecular formula is C16H18N6O2. The highest BCUT2D eigenvalue weighted by Gasteiger charge is 2.25. The summed E-state index contributed by atoms with van der Waals surface area (Å²) >= 11 is 0. The average Bonchev–Trinajstić information content (AvgIpc) is 2.97. The summed E-state index contributed by atoms with van der Waals surface area (Å²) in [5, 5.41) is 22.9. The maximum absolute atomic E-state index is 11.3. The molecule has 0 saturated carbocycles. The fourth-order valence-corrected chi connectivity index (χ4v) is 2.55. The van der Waals surface area contributed by atoms with Crippen LogP contribution in [0.15, 0.2) is 36.7 Å². The van der Waals surface area contributed by atoms with Crippen LogP contribution in [0.1, 0.15) is 31.3 Å². The van der Waals surface area contributed by atoms with Crippen LogP contribution in [0.5, 0.6) is 0 Å². The third-order valence-corrected chi connectivity index (χ3v) is 3.78. The highest BCUT2D eigenvalue weighted by atomic mass is 16.6. The van der Waals surface area contributed by atoms with Gasteiger partial charge < -0.3 is 5.32 Å². The first-order chi connectivity index (χ1) is 11.5. The van der Waals surface area contributed by atoms with Crippen LogP contribution in [-0.4, -0.2) is 24.5 Å². The van der Waals surface area contributed by atoms with Gasteiger partial charge in [-0.25, -0.2) is 4.98 Å². The number of fused-ring (bicyclic) bond motifs is 1. The van der Waals surface area contributed by atoms with Crippen LogP contribution in [0, 0.1) is 23.0 Å². The van der Waals surface area contributed by atoms with Crippen molar-refractivity contribution in [1.29, 1.82) is 0 Å². The second kappa shape index (κ2) is 6.23. The Bertz CT molecular complexity index is 889. The van der Waals surface area contributed by atoms with Gasteiger partial charge in [-0.05, 0) is 30.5 Å². The number of rotatable bonds is 5. The predicted octanol–water partition coefficient (Wildman–Crippen LogP) is 3.15. The molecule has 0 radical (unpaired) electrons. The zero-order valence-electron chi connectivity index (χ0n) is 13.7. The SMILES string of the molecule is Cc1cnc(NC(c2nnc3ccccn23)C(C)C)c([N+](=O)[O-])c1. The van der Waals surface area contributed by atoms with Crippen LogP contribution in [0.2, 0.25) is 0 Å². The normalized spacial score (nSPS) is 12.5. The zero-order chi connectivity index (χ0) is 17.3. The van der Waals surface area contributed by atoms with Crippen LogP contribution in [0.3, 0.4) is 0 Å². The number of anilines is 1. The molecule has 1 atom stereocenters. The monoisotopic (exact) mass is 326 g/mol. The Balaban J connectivity index is 2.03. The van der Waals surface area contributed by atoms with E-state index in [-0.39, 0.29) is 23.5 Å². The Kier molecular flexibility index (Phi) is 4.11. The van der Waals surface area contributed by atoms with Gasteiger partial charge in [-0.3, -0.25) is 14.5 Å². The van der Waals surface area contributed by atoms with E-state index in [1.54, 1.807) is 13.1 Å². The van der Waals surface area contributed by atoms with E-state index in [1.807, 2.05) is 42.6 Å². The number of pyridine rings is 2. The smallest absolute Gasteiger partial charge is 0.311 e. The molecule has 8 nitrogen and oxygen atoms in total. The first-order valence-electron chi connectivity index (χ1n) is 7.64. The van der Waals surface area contributed by atoms with Crippen molar-refractivity contribution in [3.63, 3.8) is 0 Å². The van der Waals surface area contributed by atoms with E-state index >= 15 is 0 Å². The number of nitrogens with zero attached hydrogens (tertiary/aromatic N) is 5. The lowest BCUT2D eigenvalue weighted by Gasteiger charge is -2.21. The Morgan fingerprint density at radius 2 is 2.08 bits per heavy atom. The van der Waals surface area contributed by atoms with Crippen LogP contribution in [0.25, 0.3) is 5.65 Å². The Morgan fingerprint density at radius 3 is 2.79 bits per heavy atom. The molecule has 8 heteroatoms. The molecule has 1 N–H and O–H groups in total. The lowest BCUT2D eigenvalue weighted by Crippen LogP contribution is -2.21. The molecular weight excluding hydrogens is 308 g/mol. The summed E-state index contributed by atoms with van der Waals surface area (Å²) in [5.41, 5.74) is 1.42. The third kappa shape index (κ3) is 2.90. The van der Waals surface area contributed by atoms with Gasteiger partial charge in [0.1, 0.15) is 0 Å².